The summed E-state index contributed by atoms with van der Waals surface area (Å²) in [4.78, 5) is 22.2. The van der Waals surface area contributed by atoms with Crippen molar-refractivity contribution < 1.29 is 27.8 Å². The fraction of sp³-hybridized carbons (Fsp3) is 0.143. The Hall–Kier alpha value is -3.36. The number of aromatic nitrogens is 1. The molecule has 9 nitrogen and oxygen atoms in total. The molecule has 0 radical (unpaired) electrons. The van der Waals surface area contributed by atoms with Crippen LogP contribution in [0.4, 0.5) is 5.88 Å². The Kier molecular flexibility index (Phi) is 3.67. The normalized spacial score (nSPS) is 10.7. The Morgan fingerprint density at radius 1 is 1.35 bits per heavy atom. The van der Waals surface area contributed by atoms with Crippen molar-refractivity contribution in [2.24, 2.45) is 0 Å². The van der Waals surface area contributed by atoms with E-state index in [4.69, 9.17) is 18.1 Å². The van der Waals surface area contributed by atoms with Crippen LogP contribution >= 0.6 is 0 Å². The molecule has 0 fully saturated rings. The number of ether oxygens (including phenoxy) is 1. The third-order valence-corrected chi connectivity index (χ3v) is 2.92. The third-order valence-electron chi connectivity index (χ3n) is 2.92. The second kappa shape index (κ2) is 5.79. The van der Waals surface area contributed by atoms with E-state index in [9.17, 15) is 14.9 Å². The lowest BCUT2D eigenvalue weighted by Crippen LogP contribution is -2.06. The van der Waals surface area contributed by atoms with Crippen LogP contribution in [0.1, 0.15) is 17.3 Å². The predicted molar refractivity (Wildman–Crippen MR) is 74.5 cm³/mol. The molecule has 0 atom stereocenters. The van der Waals surface area contributed by atoms with Crippen molar-refractivity contribution in [2.45, 2.75) is 6.92 Å². The molecule has 23 heavy (non-hydrogen) atoms. The molecule has 3 aromatic rings. The van der Waals surface area contributed by atoms with Crippen LogP contribution in [0.2, 0.25) is 0 Å². The zero-order chi connectivity index (χ0) is 16.4. The van der Waals surface area contributed by atoms with Crippen molar-refractivity contribution >= 4 is 11.9 Å². The zero-order valence-electron chi connectivity index (χ0n) is 11.8. The maximum atomic E-state index is 12.2. The van der Waals surface area contributed by atoms with Crippen molar-refractivity contribution in [2.75, 3.05) is 6.61 Å². The Labute approximate surface area is 128 Å². The van der Waals surface area contributed by atoms with E-state index in [2.05, 4.69) is 5.16 Å². The number of carbonyl (C=O) groups is 1. The SMILES string of the molecule is CCOC(=O)c1c(-c2ccc([N+](=O)[O-])o2)noc1-c1ccco1. The number of rotatable bonds is 5. The van der Waals surface area contributed by atoms with Crippen molar-refractivity contribution in [1.29, 1.82) is 0 Å². The van der Waals surface area contributed by atoms with Gasteiger partial charge in [0.15, 0.2) is 17.2 Å². The van der Waals surface area contributed by atoms with Gasteiger partial charge < -0.3 is 18.1 Å². The molecule has 3 aromatic heterocycles. The van der Waals surface area contributed by atoms with Gasteiger partial charge in [0.05, 0.1) is 18.9 Å². The molecular formula is C14H10N2O7. The molecule has 0 N–H and O–H groups in total. The van der Waals surface area contributed by atoms with Crippen LogP contribution in [-0.4, -0.2) is 22.7 Å². The molecule has 3 rings (SSSR count). The van der Waals surface area contributed by atoms with Gasteiger partial charge in [-0.2, -0.15) is 0 Å². The van der Waals surface area contributed by atoms with Crippen molar-refractivity contribution in [1.82, 2.24) is 5.16 Å². The minimum absolute atomic E-state index is 0.00273. The fourth-order valence-corrected chi connectivity index (χ4v) is 1.98. The molecule has 0 spiro atoms. The summed E-state index contributed by atoms with van der Waals surface area (Å²) in [5.74, 6) is -0.830. The Balaban J connectivity index is 2.12. The highest BCUT2D eigenvalue weighted by atomic mass is 16.6. The first kappa shape index (κ1) is 14.6. The average molecular weight is 318 g/mol. The third kappa shape index (κ3) is 2.59. The number of nitrogens with zero attached hydrogens (tertiary/aromatic N) is 2. The summed E-state index contributed by atoms with van der Waals surface area (Å²) in [5, 5.41) is 14.5. The first-order valence-electron chi connectivity index (χ1n) is 6.57. The number of hydrogen-bond acceptors (Lipinski definition) is 8. The summed E-state index contributed by atoms with van der Waals surface area (Å²) in [6.45, 7) is 1.79. The molecule has 0 saturated heterocycles. The lowest BCUT2D eigenvalue weighted by Gasteiger charge is -2.01. The largest absolute Gasteiger partial charge is 0.462 e. The highest BCUT2D eigenvalue weighted by Crippen LogP contribution is 2.35. The highest BCUT2D eigenvalue weighted by Gasteiger charge is 2.30. The molecule has 0 amide bonds. The van der Waals surface area contributed by atoms with E-state index >= 15 is 0 Å². The predicted octanol–water partition coefficient (Wildman–Crippen LogP) is 3.28. The molecule has 0 aliphatic heterocycles. The molecule has 0 aromatic carbocycles. The van der Waals surface area contributed by atoms with Gasteiger partial charge >= 0.3 is 11.9 Å². The molecule has 0 aliphatic rings. The summed E-state index contributed by atoms with van der Waals surface area (Å²) in [7, 11) is 0. The van der Waals surface area contributed by atoms with Gasteiger partial charge in [0.25, 0.3) is 0 Å². The van der Waals surface area contributed by atoms with Crippen molar-refractivity contribution in [3.63, 3.8) is 0 Å². The Bertz CT molecular complexity index is 844. The number of esters is 1. The first-order valence-corrected chi connectivity index (χ1v) is 6.57. The molecule has 118 valence electrons. The number of furan rings is 2. The van der Waals surface area contributed by atoms with E-state index in [0.717, 1.165) is 6.07 Å². The van der Waals surface area contributed by atoms with Gasteiger partial charge in [0.1, 0.15) is 10.5 Å². The van der Waals surface area contributed by atoms with Crippen LogP contribution in [-0.2, 0) is 4.74 Å². The van der Waals surface area contributed by atoms with Gasteiger partial charge in [0, 0.05) is 0 Å². The summed E-state index contributed by atoms with van der Waals surface area (Å²) in [5.41, 5.74) is -0.0194. The van der Waals surface area contributed by atoms with Gasteiger partial charge in [-0.3, -0.25) is 10.1 Å². The van der Waals surface area contributed by atoms with E-state index < -0.39 is 16.8 Å². The summed E-state index contributed by atoms with van der Waals surface area (Å²) in [6.07, 6.45) is 1.41. The van der Waals surface area contributed by atoms with Gasteiger partial charge in [-0.25, -0.2) is 4.79 Å². The average Bonchev–Trinajstić information content (AvgIpc) is 3.26. The van der Waals surface area contributed by atoms with Gasteiger partial charge in [0.2, 0.25) is 5.76 Å². The Morgan fingerprint density at radius 2 is 2.17 bits per heavy atom. The molecule has 0 aliphatic carbocycles. The van der Waals surface area contributed by atoms with Gasteiger partial charge in [-0.1, -0.05) is 5.16 Å². The number of hydrogen-bond donors (Lipinski definition) is 0. The van der Waals surface area contributed by atoms with E-state index in [-0.39, 0.29) is 35.1 Å². The van der Waals surface area contributed by atoms with Gasteiger partial charge in [-0.15, -0.1) is 0 Å². The topological polar surface area (TPSA) is 122 Å². The smallest absolute Gasteiger partial charge is 0.433 e. The van der Waals surface area contributed by atoms with Crippen molar-refractivity contribution in [3.05, 3.63) is 46.2 Å². The number of nitro groups is 1. The van der Waals surface area contributed by atoms with E-state index in [1.807, 2.05) is 0 Å². The lowest BCUT2D eigenvalue weighted by atomic mass is 10.1. The molecule has 9 heteroatoms. The van der Waals surface area contributed by atoms with Crippen molar-refractivity contribution in [3.8, 4) is 23.0 Å². The maximum Gasteiger partial charge on any atom is 0.433 e. The summed E-state index contributed by atoms with van der Waals surface area (Å²) in [6, 6.07) is 5.68. The second-order valence-corrected chi connectivity index (χ2v) is 4.33. The van der Waals surface area contributed by atoms with Crippen LogP contribution in [0, 0.1) is 10.1 Å². The second-order valence-electron chi connectivity index (χ2n) is 4.33. The Morgan fingerprint density at radius 3 is 2.78 bits per heavy atom. The molecule has 0 unspecified atom stereocenters. The number of carbonyl (C=O) groups excluding carboxylic acids is 1. The maximum absolute atomic E-state index is 12.2. The summed E-state index contributed by atoms with van der Waals surface area (Å²) < 4.78 is 20.4. The standard InChI is InChI=1S/C14H10N2O7/c1-2-20-14(17)11-12(8-5-6-10(22-8)16(18)19)15-23-13(11)9-4-3-7-21-9/h3-7H,2H2,1H3. The molecular weight excluding hydrogens is 308 g/mol. The lowest BCUT2D eigenvalue weighted by molar-refractivity contribution is -0.401. The minimum Gasteiger partial charge on any atom is -0.462 e. The fourth-order valence-electron chi connectivity index (χ4n) is 1.98. The van der Waals surface area contributed by atoms with Crippen LogP contribution in [0.25, 0.3) is 23.0 Å². The summed E-state index contributed by atoms with van der Waals surface area (Å²) >= 11 is 0. The van der Waals surface area contributed by atoms with Crippen LogP contribution in [0.5, 0.6) is 0 Å². The van der Waals surface area contributed by atoms with E-state index in [1.54, 1.807) is 19.1 Å². The molecule has 3 heterocycles. The highest BCUT2D eigenvalue weighted by molar-refractivity contribution is 6.00. The zero-order valence-corrected chi connectivity index (χ0v) is 11.8. The molecule has 0 bridgehead atoms. The minimum atomic E-state index is -0.700. The van der Waals surface area contributed by atoms with Gasteiger partial charge in [-0.05, 0) is 25.1 Å². The quantitative estimate of drug-likeness (QED) is 0.399. The van der Waals surface area contributed by atoms with E-state index in [1.165, 1.54) is 12.3 Å². The monoisotopic (exact) mass is 318 g/mol. The van der Waals surface area contributed by atoms with Crippen LogP contribution < -0.4 is 0 Å². The first-order chi connectivity index (χ1) is 11.1. The molecule has 0 saturated carbocycles. The van der Waals surface area contributed by atoms with E-state index in [0.29, 0.717) is 0 Å². The van der Waals surface area contributed by atoms with Crippen LogP contribution in [0.3, 0.4) is 0 Å². The van der Waals surface area contributed by atoms with Crippen LogP contribution in [0.15, 0.2) is 43.9 Å².